The summed E-state index contributed by atoms with van der Waals surface area (Å²) >= 11 is 1.73. The number of carbonyl (C=O) groups is 1. The largest absolute Gasteiger partial charge is 0.308 e. The molecule has 0 radical (unpaired) electrons. The smallest absolute Gasteiger partial charge is 0.258 e. The maximum Gasteiger partial charge on any atom is 0.258 e. The molecule has 0 atom stereocenters. The highest BCUT2D eigenvalue weighted by atomic mass is 32.2. The highest BCUT2D eigenvalue weighted by Crippen LogP contribution is 2.41. The Kier molecular flexibility index (Phi) is 3.23. The number of amides is 1. The summed E-state index contributed by atoms with van der Waals surface area (Å²) in [6.45, 7) is 2.97. The summed E-state index contributed by atoms with van der Waals surface area (Å²) in [6.07, 6.45) is 4.23. The number of hydrogen-bond donors (Lipinski definition) is 0. The van der Waals surface area contributed by atoms with Gasteiger partial charge in [0, 0.05) is 22.4 Å². The Morgan fingerprint density at radius 1 is 1.21 bits per heavy atom. The van der Waals surface area contributed by atoms with Gasteiger partial charge in [0.2, 0.25) is 0 Å². The summed E-state index contributed by atoms with van der Waals surface area (Å²) in [6, 6.07) is 10.3. The van der Waals surface area contributed by atoms with Gasteiger partial charge in [0.15, 0.2) is 0 Å². The molecule has 3 rings (SSSR count). The predicted molar refractivity (Wildman–Crippen MR) is 82.3 cm³/mol. The molecule has 0 saturated heterocycles. The quantitative estimate of drug-likeness (QED) is 0.772. The number of thioether (sulfide) groups is 1. The van der Waals surface area contributed by atoms with Gasteiger partial charge in [-0.15, -0.1) is 11.8 Å². The van der Waals surface area contributed by atoms with Crippen molar-refractivity contribution in [3.63, 3.8) is 0 Å². The van der Waals surface area contributed by atoms with Crippen molar-refractivity contribution < 1.29 is 4.79 Å². The van der Waals surface area contributed by atoms with E-state index in [4.69, 9.17) is 0 Å². The van der Waals surface area contributed by atoms with Crippen molar-refractivity contribution in [2.24, 2.45) is 0 Å². The fraction of sp³-hybridized carbons (Fsp3) is 0.312. The standard InChI is InChI=1S/C16H17NOS/c1-3-4-10-17-13-8-9-14(19-2)11-6-5-7-12(15(11)13)16(17)18/h5-9H,3-4,10H2,1-2H3. The Morgan fingerprint density at radius 2 is 2.05 bits per heavy atom. The van der Waals surface area contributed by atoms with Crippen LogP contribution in [0.5, 0.6) is 0 Å². The Hall–Kier alpha value is -1.48. The molecule has 3 heteroatoms. The van der Waals surface area contributed by atoms with Crippen molar-refractivity contribution in [2.75, 3.05) is 17.7 Å². The summed E-state index contributed by atoms with van der Waals surface area (Å²) in [5.41, 5.74) is 1.95. The lowest BCUT2D eigenvalue weighted by Gasteiger charge is -2.17. The molecular weight excluding hydrogens is 254 g/mol. The Labute approximate surface area is 117 Å². The summed E-state index contributed by atoms with van der Waals surface area (Å²) < 4.78 is 0. The summed E-state index contributed by atoms with van der Waals surface area (Å²) in [5, 5.41) is 2.34. The van der Waals surface area contributed by atoms with Gasteiger partial charge in [-0.25, -0.2) is 0 Å². The number of nitrogens with zero attached hydrogens (tertiary/aromatic N) is 1. The first kappa shape index (κ1) is 12.5. The molecule has 0 bridgehead atoms. The zero-order valence-electron chi connectivity index (χ0n) is 11.3. The molecule has 0 spiro atoms. The van der Waals surface area contributed by atoms with Crippen LogP contribution >= 0.6 is 11.8 Å². The number of anilines is 1. The van der Waals surface area contributed by atoms with Crippen LogP contribution in [0.1, 0.15) is 30.1 Å². The van der Waals surface area contributed by atoms with Crippen LogP contribution in [0.25, 0.3) is 10.8 Å². The van der Waals surface area contributed by atoms with Gasteiger partial charge in [-0.1, -0.05) is 25.5 Å². The fourth-order valence-electron chi connectivity index (χ4n) is 2.74. The van der Waals surface area contributed by atoms with Crippen molar-refractivity contribution in [1.82, 2.24) is 0 Å². The normalized spacial score (nSPS) is 13.6. The van der Waals surface area contributed by atoms with Gasteiger partial charge >= 0.3 is 0 Å². The van der Waals surface area contributed by atoms with Gasteiger partial charge in [0.1, 0.15) is 0 Å². The van der Waals surface area contributed by atoms with Crippen LogP contribution in [0.15, 0.2) is 35.2 Å². The minimum Gasteiger partial charge on any atom is -0.308 e. The molecule has 0 N–H and O–H groups in total. The summed E-state index contributed by atoms with van der Waals surface area (Å²) in [4.78, 5) is 15.7. The molecule has 0 aromatic heterocycles. The molecule has 2 aromatic rings. The average molecular weight is 271 g/mol. The lowest BCUT2D eigenvalue weighted by Crippen LogP contribution is -2.27. The molecule has 19 heavy (non-hydrogen) atoms. The highest BCUT2D eigenvalue weighted by molar-refractivity contribution is 7.98. The van der Waals surface area contributed by atoms with E-state index in [1.165, 1.54) is 10.3 Å². The molecule has 0 saturated carbocycles. The summed E-state index contributed by atoms with van der Waals surface area (Å²) in [5.74, 6) is 0.160. The number of benzene rings is 2. The molecule has 0 fully saturated rings. The third-order valence-electron chi connectivity index (χ3n) is 3.70. The third-order valence-corrected chi connectivity index (χ3v) is 4.50. The van der Waals surface area contributed by atoms with Crippen LogP contribution in [-0.2, 0) is 0 Å². The predicted octanol–water partition coefficient (Wildman–Crippen LogP) is 4.32. The van der Waals surface area contributed by atoms with Gasteiger partial charge in [-0.05, 0) is 36.3 Å². The van der Waals surface area contributed by atoms with Gasteiger partial charge in [-0.2, -0.15) is 0 Å². The first-order valence-electron chi connectivity index (χ1n) is 6.69. The lowest BCUT2D eigenvalue weighted by atomic mass is 10.1. The lowest BCUT2D eigenvalue weighted by molar-refractivity contribution is 0.0993. The molecule has 1 aliphatic heterocycles. The van der Waals surface area contributed by atoms with Gasteiger partial charge < -0.3 is 4.90 Å². The fourth-order valence-corrected chi connectivity index (χ4v) is 3.33. The van der Waals surface area contributed by atoms with E-state index in [9.17, 15) is 4.79 Å². The second-order valence-electron chi connectivity index (χ2n) is 4.83. The van der Waals surface area contributed by atoms with E-state index in [0.29, 0.717) is 0 Å². The van der Waals surface area contributed by atoms with Crippen molar-refractivity contribution in [1.29, 1.82) is 0 Å². The Balaban J connectivity index is 2.20. The van der Waals surface area contributed by atoms with Gasteiger partial charge in [0.05, 0.1) is 5.69 Å². The maximum absolute atomic E-state index is 12.5. The number of hydrogen-bond acceptors (Lipinski definition) is 2. The van der Waals surface area contributed by atoms with E-state index < -0.39 is 0 Å². The molecule has 98 valence electrons. The second kappa shape index (κ2) is 4.89. The van der Waals surface area contributed by atoms with E-state index in [1.807, 2.05) is 17.0 Å². The van der Waals surface area contributed by atoms with Gasteiger partial charge in [-0.3, -0.25) is 4.79 Å². The average Bonchev–Trinajstić information content (AvgIpc) is 2.72. The second-order valence-corrected chi connectivity index (χ2v) is 5.67. The van der Waals surface area contributed by atoms with E-state index in [0.717, 1.165) is 36.0 Å². The molecule has 2 nitrogen and oxygen atoms in total. The van der Waals surface area contributed by atoms with E-state index >= 15 is 0 Å². The van der Waals surface area contributed by atoms with Crippen LogP contribution in [0.3, 0.4) is 0 Å². The van der Waals surface area contributed by atoms with Crippen molar-refractivity contribution in [2.45, 2.75) is 24.7 Å². The Bertz CT molecular complexity index is 650. The van der Waals surface area contributed by atoms with Crippen molar-refractivity contribution in [3.8, 4) is 0 Å². The SMILES string of the molecule is CCCCN1C(=O)c2cccc3c(SC)ccc1c23. The van der Waals surface area contributed by atoms with Crippen LogP contribution in [0, 0.1) is 0 Å². The Morgan fingerprint density at radius 3 is 2.79 bits per heavy atom. The van der Waals surface area contributed by atoms with E-state index in [1.54, 1.807) is 11.8 Å². The van der Waals surface area contributed by atoms with Crippen molar-refractivity contribution in [3.05, 3.63) is 35.9 Å². The molecule has 0 unspecified atom stereocenters. The van der Waals surface area contributed by atoms with Gasteiger partial charge in [0.25, 0.3) is 5.91 Å². The minimum atomic E-state index is 0.160. The molecule has 1 amide bonds. The molecule has 1 aliphatic rings. The highest BCUT2D eigenvalue weighted by Gasteiger charge is 2.29. The molecular formula is C16H17NOS. The monoisotopic (exact) mass is 271 g/mol. The summed E-state index contributed by atoms with van der Waals surface area (Å²) in [7, 11) is 0. The third kappa shape index (κ3) is 1.84. The topological polar surface area (TPSA) is 20.3 Å². The van der Waals surface area contributed by atoms with Crippen LogP contribution in [-0.4, -0.2) is 18.7 Å². The van der Waals surface area contributed by atoms with Crippen LogP contribution < -0.4 is 4.90 Å². The number of unbranched alkanes of at least 4 members (excludes halogenated alkanes) is 1. The van der Waals surface area contributed by atoms with E-state index in [-0.39, 0.29) is 5.91 Å². The van der Waals surface area contributed by atoms with Crippen LogP contribution in [0.2, 0.25) is 0 Å². The molecule has 0 aliphatic carbocycles. The molecule has 1 heterocycles. The first-order valence-corrected chi connectivity index (χ1v) is 7.92. The minimum absolute atomic E-state index is 0.160. The first-order chi connectivity index (χ1) is 9.27. The zero-order valence-corrected chi connectivity index (χ0v) is 12.1. The molecule has 2 aromatic carbocycles. The van der Waals surface area contributed by atoms with E-state index in [2.05, 4.69) is 31.4 Å². The number of rotatable bonds is 4. The maximum atomic E-state index is 12.5. The zero-order chi connectivity index (χ0) is 13.4. The van der Waals surface area contributed by atoms with Crippen LogP contribution in [0.4, 0.5) is 5.69 Å². The van der Waals surface area contributed by atoms with Crippen molar-refractivity contribution >= 4 is 34.1 Å². The number of carbonyl (C=O) groups excluding carboxylic acids is 1.